The van der Waals surface area contributed by atoms with Gasteiger partial charge in [0, 0.05) is 12.5 Å². The van der Waals surface area contributed by atoms with Gasteiger partial charge in [-0.1, -0.05) is 32.1 Å². The van der Waals surface area contributed by atoms with Crippen molar-refractivity contribution in [1.82, 2.24) is 4.98 Å². The van der Waals surface area contributed by atoms with Gasteiger partial charge in [-0.15, -0.1) is 0 Å². The van der Waals surface area contributed by atoms with Crippen LogP contribution in [0, 0.1) is 0 Å². The summed E-state index contributed by atoms with van der Waals surface area (Å²) in [7, 11) is 1.35. The number of hydrogen-bond donors (Lipinski definition) is 1. The van der Waals surface area contributed by atoms with Crippen LogP contribution >= 0.6 is 11.3 Å². The van der Waals surface area contributed by atoms with Crippen LogP contribution in [0.15, 0.2) is 0 Å². The van der Waals surface area contributed by atoms with Gasteiger partial charge in [0.05, 0.1) is 17.2 Å². The Kier molecular flexibility index (Phi) is 4.27. The zero-order chi connectivity index (χ0) is 14.1. The summed E-state index contributed by atoms with van der Waals surface area (Å²) in [6.45, 7) is 4.48. The molecule has 1 N–H and O–H groups in total. The monoisotopic (exact) mass is 282 g/mol. The maximum Gasteiger partial charge on any atom is 0.405 e. The lowest BCUT2D eigenvalue weighted by molar-refractivity contribution is -0.119. The number of nitrogens with zero attached hydrogens (tertiary/aromatic N) is 2. The maximum absolute atomic E-state index is 12.3. The van der Waals surface area contributed by atoms with Crippen LogP contribution in [0.2, 0.25) is 0 Å². The Morgan fingerprint density at radius 1 is 1.28 bits per heavy atom. The van der Waals surface area contributed by atoms with Crippen LogP contribution in [0.3, 0.4) is 0 Å². The predicted molar refractivity (Wildman–Crippen MR) is 66.1 cm³/mol. The van der Waals surface area contributed by atoms with Crippen LogP contribution < -0.4 is 4.90 Å². The van der Waals surface area contributed by atoms with Gasteiger partial charge in [-0.25, -0.2) is 4.98 Å². The lowest BCUT2D eigenvalue weighted by Gasteiger charge is -2.18. The number of halogens is 3. The third-order valence-electron chi connectivity index (χ3n) is 2.28. The molecule has 1 aromatic rings. The van der Waals surface area contributed by atoms with E-state index in [2.05, 4.69) is 4.98 Å². The van der Waals surface area contributed by atoms with Crippen LogP contribution in [0.1, 0.15) is 31.3 Å². The fourth-order valence-corrected chi connectivity index (χ4v) is 2.62. The van der Waals surface area contributed by atoms with Crippen molar-refractivity contribution in [2.45, 2.75) is 39.0 Å². The van der Waals surface area contributed by atoms with Gasteiger partial charge in [0.25, 0.3) is 0 Å². The molecule has 0 unspecified atom stereocenters. The highest BCUT2D eigenvalue weighted by Crippen LogP contribution is 2.34. The highest BCUT2D eigenvalue weighted by Gasteiger charge is 2.31. The average Bonchev–Trinajstić information content (AvgIpc) is 2.57. The van der Waals surface area contributed by atoms with E-state index < -0.39 is 12.7 Å². The minimum absolute atomic E-state index is 0.204. The highest BCUT2D eigenvalue weighted by atomic mass is 32.1. The number of anilines is 1. The normalized spacial score (nSPS) is 12.9. The summed E-state index contributed by atoms with van der Waals surface area (Å²) in [5.74, 6) is 0. The molecule has 0 aliphatic carbocycles. The average molecular weight is 282 g/mol. The minimum atomic E-state index is -4.26. The molecule has 3 nitrogen and oxygen atoms in total. The van der Waals surface area contributed by atoms with Crippen molar-refractivity contribution in [3.05, 3.63) is 10.6 Å². The van der Waals surface area contributed by atoms with E-state index >= 15 is 0 Å². The smallest absolute Gasteiger partial charge is 0.391 e. The third-order valence-corrected chi connectivity index (χ3v) is 3.44. The molecule has 0 radical (unpaired) electrons. The zero-order valence-electron chi connectivity index (χ0n) is 10.8. The first-order valence-corrected chi connectivity index (χ1v) is 6.25. The summed E-state index contributed by atoms with van der Waals surface area (Å²) in [6, 6.07) is 0. The maximum atomic E-state index is 12.3. The fourth-order valence-electron chi connectivity index (χ4n) is 1.53. The summed E-state index contributed by atoms with van der Waals surface area (Å²) in [5, 5.41) is 9.52. The van der Waals surface area contributed by atoms with Crippen molar-refractivity contribution in [2.75, 3.05) is 18.5 Å². The predicted octanol–water partition coefficient (Wildman–Crippen LogP) is 2.93. The van der Waals surface area contributed by atoms with Gasteiger partial charge >= 0.3 is 6.18 Å². The Morgan fingerprint density at radius 2 is 1.83 bits per heavy atom. The second-order valence-electron chi connectivity index (χ2n) is 5.15. The van der Waals surface area contributed by atoms with Crippen molar-refractivity contribution >= 4 is 16.5 Å². The molecule has 0 amide bonds. The standard InChI is InChI=1S/C11H17F3N2OS/c1-10(2,3)8-7(5-17)18-9(15-8)16(4)6-11(12,13)14/h17H,5-6H2,1-4H3. The quantitative estimate of drug-likeness (QED) is 0.926. The van der Waals surface area contributed by atoms with Gasteiger partial charge in [0.15, 0.2) is 5.13 Å². The Hall–Kier alpha value is -0.820. The Balaban J connectivity index is 3.02. The van der Waals surface area contributed by atoms with Crippen molar-refractivity contribution in [1.29, 1.82) is 0 Å². The number of alkyl halides is 3. The minimum Gasteiger partial charge on any atom is -0.391 e. The van der Waals surface area contributed by atoms with E-state index in [0.29, 0.717) is 10.6 Å². The van der Waals surface area contributed by atoms with E-state index in [0.717, 1.165) is 16.2 Å². The van der Waals surface area contributed by atoms with Crippen molar-refractivity contribution < 1.29 is 18.3 Å². The fraction of sp³-hybridized carbons (Fsp3) is 0.727. The van der Waals surface area contributed by atoms with Gasteiger partial charge in [-0.2, -0.15) is 13.2 Å². The zero-order valence-corrected chi connectivity index (χ0v) is 11.6. The molecule has 0 atom stereocenters. The van der Waals surface area contributed by atoms with Crippen molar-refractivity contribution in [3.63, 3.8) is 0 Å². The molecule has 7 heteroatoms. The van der Waals surface area contributed by atoms with Crippen LogP contribution in [0.4, 0.5) is 18.3 Å². The molecule has 1 heterocycles. The lowest BCUT2D eigenvalue weighted by Crippen LogP contribution is -2.30. The molecule has 0 saturated heterocycles. The number of rotatable bonds is 3. The topological polar surface area (TPSA) is 36.4 Å². The molecule has 1 rings (SSSR count). The third kappa shape index (κ3) is 3.84. The van der Waals surface area contributed by atoms with Gasteiger partial charge < -0.3 is 10.0 Å². The second kappa shape index (κ2) is 5.05. The molecule has 0 spiro atoms. The second-order valence-corrected chi connectivity index (χ2v) is 6.21. The molecule has 0 bridgehead atoms. The first-order chi connectivity index (χ1) is 8.04. The first-order valence-electron chi connectivity index (χ1n) is 5.43. The molecule has 0 aliphatic heterocycles. The summed E-state index contributed by atoms with van der Waals surface area (Å²) in [5.41, 5.74) is 0.352. The van der Waals surface area contributed by atoms with Gasteiger partial charge in [-0.3, -0.25) is 0 Å². The highest BCUT2D eigenvalue weighted by molar-refractivity contribution is 7.15. The SMILES string of the molecule is CN(CC(F)(F)F)c1nc(C(C)(C)C)c(CO)s1. The molecule has 104 valence electrons. The molecular formula is C11H17F3N2OS. The van der Waals surface area contributed by atoms with E-state index in [1.165, 1.54) is 7.05 Å². The van der Waals surface area contributed by atoms with Gasteiger partial charge in [-0.05, 0) is 0 Å². The van der Waals surface area contributed by atoms with Crippen LogP contribution in [-0.4, -0.2) is 29.9 Å². The van der Waals surface area contributed by atoms with Crippen molar-refractivity contribution in [3.8, 4) is 0 Å². The Bertz CT molecular complexity index is 409. The molecule has 0 fully saturated rings. The summed E-state index contributed by atoms with van der Waals surface area (Å²) in [6.07, 6.45) is -4.26. The van der Waals surface area contributed by atoms with Gasteiger partial charge in [0.1, 0.15) is 6.54 Å². The van der Waals surface area contributed by atoms with Gasteiger partial charge in [0.2, 0.25) is 0 Å². The molecule has 0 aliphatic rings. The van der Waals surface area contributed by atoms with Crippen LogP contribution in [0.25, 0.3) is 0 Å². The first kappa shape index (κ1) is 15.2. The van der Waals surface area contributed by atoms with E-state index in [4.69, 9.17) is 0 Å². The Morgan fingerprint density at radius 3 is 2.17 bits per heavy atom. The molecule has 0 saturated carbocycles. The summed E-state index contributed by atoms with van der Waals surface area (Å²) < 4.78 is 36.9. The number of aliphatic hydroxyl groups excluding tert-OH is 1. The van der Waals surface area contributed by atoms with E-state index in [1.54, 1.807) is 0 Å². The summed E-state index contributed by atoms with van der Waals surface area (Å²) in [4.78, 5) is 5.89. The number of hydrogen-bond acceptors (Lipinski definition) is 4. The lowest BCUT2D eigenvalue weighted by atomic mass is 9.91. The molecule has 0 aromatic carbocycles. The van der Waals surface area contributed by atoms with Crippen molar-refractivity contribution in [2.24, 2.45) is 0 Å². The molecule has 18 heavy (non-hydrogen) atoms. The van der Waals surface area contributed by atoms with E-state index in [9.17, 15) is 18.3 Å². The number of aromatic nitrogens is 1. The van der Waals surface area contributed by atoms with E-state index in [1.807, 2.05) is 20.8 Å². The van der Waals surface area contributed by atoms with Crippen LogP contribution in [-0.2, 0) is 12.0 Å². The van der Waals surface area contributed by atoms with Crippen LogP contribution in [0.5, 0.6) is 0 Å². The molecular weight excluding hydrogens is 265 g/mol. The number of aliphatic hydroxyl groups is 1. The van der Waals surface area contributed by atoms with E-state index in [-0.39, 0.29) is 17.2 Å². The number of thiazole rings is 1. The Labute approximate surface area is 108 Å². The summed E-state index contributed by atoms with van der Waals surface area (Å²) >= 11 is 1.10. The largest absolute Gasteiger partial charge is 0.405 e. The molecule has 1 aromatic heterocycles.